The van der Waals surface area contributed by atoms with Crippen LogP contribution < -0.4 is 10.6 Å². The number of nitrogens with two attached hydrogens (primary N) is 1. The third-order valence-corrected chi connectivity index (χ3v) is 2.45. The molecule has 0 aliphatic carbocycles. The minimum absolute atomic E-state index is 0.133. The van der Waals surface area contributed by atoms with Gasteiger partial charge in [0.1, 0.15) is 0 Å². The molecule has 0 saturated carbocycles. The molecule has 0 unspecified atom stereocenters. The summed E-state index contributed by atoms with van der Waals surface area (Å²) in [7, 11) is 0. The molecule has 0 atom stereocenters. The van der Waals surface area contributed by atoms with E-state index in [9.17, 15) is 4.79 Å². The zero-order valence-corrected chi connectivity index (χ0v) is 9.52. The van der Waals surface area contributed by atoms with Crippen LogP contribution in [0.4, 0.5) is 5.69 Å². The molecule has 1 aromatic carbocycles. The van der Waals surface area contributed by atoms with Gasteiger partial charge in [-0.05, 0) is 18.6 Å². The molecular weight excluding hydrogens is 204 g/mol. The quantitative estimate of drug-likeness (QED) is 0.760. The number of aliphatic carboxylic acids is 1. The highest BCUT2D eigenvalue weighted by Crippen LogP contribution is 2.18. The van der Waals surface area contributed by atoms with Gasteiger partial charge in [-0.3, -0.25) is 4.79 Å². The number of carbonyl (C=O) groups is 1. The maximum atomic E-state index is 10.6. The van der Waals surface area contributed by atoms with E-state index < -0.39 is 5.97 Å². The normalized spacial score (nSPS) is 10.1. The van der Waals surface area contributed by atoms with E-state index in [1.807, 2.05) is 36.1 Å². The van der Waals surface area contributed by atoms with Gasteiger partial charge in [0.2, 0.25) is 0 Å². The predicted octanol–water partition coefficient (Wildman–Crippen LogP) is 1.23. The molecule has 4 heteroatoms. The first-order chi connectivity index (χ1) is 7.65. The molecule has 88 valence electrons. The molecule has 1 rings (SSSR count). The van der Waals surface area contributed by atoms with E-state index in [-0.39, 0.29) is 6.42 Å². The van der Waals surface area contributed by atoms with Crippen LogP contribution in [0.2, 0.25) is 0 Å². The number of hydrogen-bond donors (Lipinski definition) is 2. The van der Waals surface area contributed by atoms with Gasteiger partial charge in [-0.2, -0.15) is 0 Å². The van der Waals surface area contributed by atoms with Gasteiger partial charge in [-0.25, -0.2) is 0 Å². The Morgan fingerprint density at radius 1 is 1.38 bits per heavy atom. The fourth-order valence-corrected chi connectivity index (χ4v) is 1.66. The van der Waals surface area contributed by atoms with Gasteiger partial charge in [0.15, 0.2) is 0 Å². The van der Waals surface area contributed by atoms with Crippen LogP contribution in [0.1, 0.15) is 12.0 Å². The van der Waals surface area contributed by atoms with Crippen LogP contribution in [0.25, 0.3) is 0 Å². The van der Waals surface area contributed by atoms with E-state index in [0.717, 1.165) is 11.3 Å². The van der Waals surface area contributed by atoms with E-state index in [1.165, 1.54) is 0 Å². The fourth-order valence-electron chi connectivity index (χ4n) is 1.66. The lowest BCUT2D eigenvalue weighted by molar-refractivity contribution is -0.136. The number of benzene rings is 1. The molecule has 0 aromatic heterocycles. The van der Waals surface area contributed by atoms with Gasteiger partial charge in [-0.15, -0.1) is 0 Å². The molecule has 0 fully saturated rings. The Morgan fingerprint density at radius 2 is 2.06 bits per heavy atom. The summed E-state index contributed by atoms with van der Waals surface area (Å²) < 4.78 is 0. The second-order valence-electron chi connectivity index (χ2n) is 3.71. The average molecular weight is 222 g/mol. The molecule has 0 aliphatic heterocycles. The minimum Gasteiger partial charge on any atom is -0.481 e. The van der Waals surface area contributed by atoms with E-state index >= 15 is 0 Å². The molecule has 3 N–H and O–H groups in total. The molecule has 0 amide bonds. The second kappa shape index (κ2) is 6.12. The van der Waals surface area contributed by atoms with Gasteiger partial charge in [0, 0.05) is 25.3 Å². The minimum atomic E-state index is -0.782. The van der Waals surface area contributed by atoms with Crippen molar-refractivity contribution in [2.75, 3.05) is 24.5 Å². The Hall–Kier alpha value is -1.55. The standard InChI is InChI=1S/C12H18N2O2/c1-10-4-2-3-5-11(10)14(9-7-13)8-6-12(15)16/h2-5H,6-9,13H2,1H3,(H,15,16). The van der Waals surface area contributed by atoms with Crippen LogP contribution in [0.15, 0.2) is 24.3 Å². The zero-order valence-electron chi connectivity index (χ0n) is 9.52. The van der Waals surface area contributed by atoms with Crippen molar-refractivity contribution in [1.82, 2.24) is 0 Å². The second-order valence-corrected chi connectivity index (χ2v) is 3.71. The van der Waals surface area contributed by atoms with E-state index in [1.54, 1.807) is 0 Å². The number of rotatable bonds is 6. The summed E-state index contributed by atoms with van der Waals surface area (Å²) in [6.07, 6.45) is 0.133. The molecule has 1 aromatic rings. The monoisotopic (exact) mass is 222 g/mol. The molecule has 0 heterocycles. The molecular formula is C12H18N2O2. The third kappa shape index (κ3) is 3.55. The summed E-state index contributed by atoms with van der Waals surface area (Å²) in [5.41, 5.74) is 7.74. The van der Waals surface area contributed by atoms with E-state index in [0.29, 0.717) is 19.6 Å². The first-order valence-corrected chi connectivity index (χ1v) is 5.37. The summed E-state index contributed by atoms with van der Waals surface area (Å²) >= 11 is 0. The van der Waals surface area contributed by atoms with Crippen molar-refractivity contribution >= 4 is 11.7 Å². The molecule has 4 nitrogen and oxygen atoms in total. The fraction of sp³-hybridized carbons (Fsp3) is 0.417. The maximum absolute atomic E-state index is 10.6. The van der Waals surface area contributed by atoms with E-state index in [4.69, 9.17) is 10.8 Å². The lowest BCUT2D eigenvalue weighted by atomic mass is 10.1. The summed E-state index contributed by atoms with van der Waals surface area (Å²) in [6.45, 7) is 3.71. The number of anilines is 1. The average Bonchev–Trinajstić information content (AvgIpc) is 2.25. The Kier molecular flexibility index (Phi) is 4.79. The Balaban J connectivity index is 2.76. The number of carboxylic acid groups (broad SMARTS) is 1. The van der Waals surface area contributed by atoms with Crippen molar-refractivity contribution in [3.05, 3.63) is 29.8 Å². The first kappa shape index (κ1) is 12.5. The van der Waals surface area contributed by atoms with Crippen LogP contribution in [-0.4, -0.2) is 30.7 Å². The smallest absolute Gasteiger partial charge is 0.305 e. The summed E-state index contributed by atoms with van der Waals surface area (Å²) in [4.78, 5) is 12.6. The number of aryl methyl sites for hydroxylation is 1. The molecule has 0 radical (unpaired) electrons. The number of para-hydroxylation sites is 1. The van der Waals surface area contributed by atoms with Crippen LogP contribution >= 0.6 is 0 Å². The van der Waals surface area contributed by atoms with Gasteiger partial charge in [0.25, 0.3) is 0 Å². The highest BCUT2D eigenvalue weighted by Gasteiger charge is 2.09. The van der Waals surface area contributed by atoms with Crippen molar-refractivity contribution in [3.63, 3.8) is 0 Å². The Labute approximate surface area is 95.7 Å². The molecule has 16 heavy (non-hydrogen) atoms. The maximum Gasteiger partial charge on any atom is 0.305 e. The Bertz CT molecular complexity index is 353. The van der Waals surface area contributed by atoms with Crippen molar-refractivity contribution in [2.45, 2.75) is 13.3 Å². The lowest BCUT2D eigenvalue weighted by Gasteiger charge is -2.25. The van der Waals surface area contributed by atoms with Crippen molar-refractivity contribution in [1.29, 1.82) is 0 Å². The van der Waals surface area contributed by atoms with Crippen LogP contribution in [0.5, 0.6) is 0 Å². The molecule has 0 saturated heterocycles. The summed E-state index contributed by atoms with van der Waals surface area (Å²) in [6, 6.07) is 7.93. The van der Waals surface area contributed by atoms with E-state index in [2.05, 4.69) is 0 Å². The predicted molar refractivity (Wildman–Crippen MR) is 64.7 cm³/mol. The lowest BCUT2D eigenvalue weighted by Crippen LogP contribution is -2.32. The van der Waals surface area contributed by atoms with Gasteiger partial charge in [0.05, 0.1) is 6.42 Å². The van der Waals surface area contributed by atoms with Crippen molar-refractivity contribution in [2.24, 2.45) is 5.73 Å². The topological polar surface area (TPSA) is 66.6 Å². The number of carboxylic acids is 1. The van der Waals surface area contributed by atoms with Crippen molar-refractivity contribution < 1.29 is 9.90 Å². The third-order valence-electron chi connectivity index (χ3n) is 2.45. The molecule has 0 aliphatic rings. The molecule has 0 spiro atoms. The highest BCUT2D eigenvalue weighted by molar-refractivity contribution is 5.68. The molecule has 0 bridgehead atoms. The largest absolute Gasteiger partial charge is 0.481 e. The zero-order chi connectivity index (χ0) is 12.0. The van der Waals surface area contributed by atoms with Crippen molar-refractivity contribution in [3.8, 4) is 0 Å². The van der Waals surface area contributed by atoms with Gasteiger partial charge >= 0.3 is 5.97 Å². The summed E-state index contributed by atoms with van der Waals surface area (Å²) in [5, 5.41) is 8.69. The van der Waals surface area contributed by atoms with Gasteiger partial charge < -0.3 is 15.7 Å². The summed E-state index contributed by atoms with van der Waals surface area (Å²) in [5.74, 6) is -0.782. The number of hydrogen-bond acceptors (Lipinski definition) is 3. The first-order valence-electron chi connectivity index (χ1n) is 5.37. The van der Waals surface area contributed by atoms with Crippen LogP contribution in [0.3, 0.4) is 0 Å². The Morgan fingerprint density at radius 3 is 2.62 bits per heavy atom. The van der Waals surface area contributed by atoms with Crippen LogP contribution in [-0.2, 0) is 4.79 Å². The number of nitrogens with zero attached hydrogens (tertiary/aromatic N) is 1. The van der Waals surface area contributed by atoms with Gasteiger partial charge in [-0.1, -0.05) is 18.2 Å². The van der Waals surface area contributed by atoms with Crippen LogP contribution in [0, 0.1) is 6.92 Å². The SMILES string of the molecule is Cc1ccccc1N(CCN)CCC(=O)O. The highest BCUT2D eigenvalue weighted by atomic mass is 16.4.